The van der Waals surface area contributed by atoms with Crippen molar-refractivity contribution in [1.82, 2.24) is 19.7 Å². The van der Waals surface area contributed by atoms with E-state index < -0.39 is 11.7 Å². The molecule has 3 aromatic rings. The highest BCUT2D eigenvalue weighted by atomic mass is 19.4. The van der Waals surface area contributed by atoms with E-state index in [1.165, 1.54) is 6.07 Å². The minimum Gasteiger partial charge on any atom is -0.353 e. The largest absolute Gasteiger partial charge is 0.417 e. The minimum atomic E-state index is -4.41. The molecule has 1 amide bonds. The lowest BCUT2D eigenvalue weighted by Crippen LogP contribution is -2.49. The third kappa shape index (κ3) is 4.46. The predicted octanol–water partition coefficient (Wildman–Crippen LogP) is 4.20. The van der Waals surface area contributed by atoms with Crippen molar-refractivity contribution in [2.24, 2.45) is 0 Å². The molecule has 2 aromatic heterocycles. The minimum absolute atomic E-state index is 0.0735. The molecule has 3 heterocycles. The van der Waals surface area contributed by atoms with Gasteiger partial charge < -0.3 is 9.80 Å². The van der Waals surface area contributed by atoms with Crippen molar-refractivity contribution >= 4 is 11.7 Å². The third-order valence-electron chi connectivity index (χ3n) is 5.55. The van der Waals surface area contributed by atoms with Crippen LogP contribution < -0.4 is 4.90 Å². The van der Waals surface area contributed by atoms with Crippen molar-refractivity contribution in [3.63, 3.8) is 0 Å². The summed E-state index contributed by atoms with van der Waals surface area (Å²) in [6, 6.07) is 12.1. The lowest BCUT2D eigenvalue weighted by molar-refractivity contribution is -0.137. The first-order chi connectivity index (χ1) is 15.4. The number of hydrogen-bond donors (Lipinski definition) is 0. The fourth-order valence-electron chi connectivity index (χ4n) is 3.87. The number of hydrogen-bond acceptors (Lipinski definition) is 4. The van der Waals surface area contributed by atoms with E-state index >= 15 is 0 Å². The van der Waals surface area contributed by atoms with Gasteiger partial charge in [0.2, 0.25) is 0 Å². The number of anilines is 1. The van der Waals surface area contributed by atoms with E-state index in [9.17, 15) is 18.0 Å². The van der Waals surface area contributed by atoms with Gasteiger partial charge in [-0.25, -0.2) is 9.67 Å². The molecule has 168 valence electrons. The highest BCUT2D eigenvalue weighted by Crippen LogP contribution is 2.29. The lowest BCUT2D eigenvalue weighted by Gasteiger charge is -2.35. The van der Waals surface area contributed by atoms with Crippen molar-refractivity contribution in [1.29, 1.82) is 0 Å². The predicted molar refractivity (Wildman–Crippen MR) is 115 cm³/mol. The Hall–Kier alpha value is -3.36. The van der Waals surface area contributed by atoms with Crippen LogP contribution in [0.15, 0.2) is 54.9 Å². The highest BCUT2D eigenvalue weighted by molar-refractivity contribution is 5.95. The summed E-state index contributed by atoms with van der Waals surface area (Å²) < 4.78 is 40.1. The second kappa shape index (κ2) is 9.02. The molecule has 6 nitrogen and oxygen atoms in total. The van der Waals surface area contributed by atoms with Gasteiger partial charge in [-0.15, -0.1) is 0 Å². The van der Waals surface area contributed by atoms with Crippen molar-refractivity contribution in [2.75, 3.05) is 31.1 Å². The summed E-state index contributed by atoms with van der Waals surface area (Å²) in [6.45, 7) is 3.99. The Morgan fingerprint density at radius 1 is 1.00 bits per heavy atom. The third-order valence-corrected chi connectivity index (χ3v) is 5.55. The number of aromatic nitrogens is 3. The second-order valence-corrected chi connectivity index (χ2v) is 7.68. The molecule has 1 aliphatic rings. The van der Waals surface area contributed by atoms with E-state index in [2.05, 4.69) is 17.0 Å². The van der Waals surface area contributed by atoms with Crippen LogP contribution in [0, 0.1) is 0 Å². The number of pyridine rings is 1. The summed E-state index contributed by atoms with van der Waals surface area (Å²) in [7, 11) is 0. The quantitative estimate of drug-likeness (QED) is 0.593. The number of alkyl halides is 3. The summed E-state index contributed by atoms with van der Waals surface area (Å²) in [6.07, 6.45) is -0.319. The summed E-state index contributed by atoms with van der Waals surface area (Å²) in [5.74, 6) is 0.407. The van der Waals surface area contributed by atoms with Crippen LogP contribution in [0.3, 0.4) is 0 Å². The molecule has 0 radical (unpaired) electrons. The SMILES string of the molecule is CCCc1c(C(=O)N2CCN(c3ccc(C(F)(F)F)cn3)CC2)cnn1-c1ccccc1. The van der Waals surface area contributed by atoms with Gasteiger partial charge in [-0.05, 0) is 30.7 Å². The topological polar surface area (TPSA) is 54.3 Å². The fraction of sp³-hybridized carbons (Fsp3) is 0.348. The average Bonchev–Trinajstić information content (AvgIpc) is 3.23. The molecule has 1 fully saturated rings. The van der Waals surface area contributed by atoms with Gasteiger partial charge in [0, 0.05) is 32.4 Å². The number of benzene rings is 1. The first kappa shape index (κ1) is 21.9. The Morgan fingerprint density at radius 2 is 1.72 bits per heavy atom. The van der Waals surface area contributed by atoms with Gasteiger partial charge in [0.05, 0.1) is 28.7 Å². The standard InChI is InChI=1S/C23H24F3N5O/c1-2-6-20-19(16-28-31(20)18-7-4-3-5-8-18)22(32)30-13-11-29(12-14-30)21-10-9-17(15-27-21)23(24,25)26/h3-5,7-10,15-16H,2,6,11-14H2,1H3. The maximum atomic E-state index is 13.3. The Morgan fingerprint density at radius 3 is 2.31 bits per heavy atom. The van der Waals surface area contributed by atoms with Gasteiger partial charge in [-0.1, -0.05) is 31.5 Å². The van der Waals surface area contributed by atoms with Crippen LogP contribution >= 0.6 is 0 Å². The zero-order valence-corrected chi connectivity index (χ0v) is 17.7. The zero-order chi connectivity index (χ0) is 22.7. The van der Waals surface area contributed by atoms with Crippen LogP contribution in [0.1, 0.15) is 35.0 Å². The van der Waals surface area contributed by atoms with E-state index in [1.807, 2.05) is 39.9 Å². The Bertz CT molecular complexity index is 1060. The van der Waals surface area contributed by atoms with Gasteiger partial charge >= 0.3 is 6.18 Å². The van der Waals surface area contributed by atoms with Crippen LogP contribution in [0.4, 0.5) is 19.0 Å². The van der Waals surface area contributed by atoms with Crippen LogP contribution in [0.2, 0.25) is 0 Å². The molecule has 9 heteroatoms. The summed E-state index contributed by atoms with van der Waals surface area (Å²) >= 11 is 0. The Kier molecular flexibility index (Phi) is 6.16. The molecular formula is C23H24F3N5O. The van der Waals surface area contributed by atoms with Crippen LogP contribution in [0.25, 0.3) is 5.69 Å². The van der Waals surface area contributed by atoms with Crippen molar-refractivity contribution < 1.29 is 18.0 Å². The number of piperazine rings is 1. The Balaban J connectivity index is 1.46. The number of carbonyl (C=O) groups excluding carboxylic acids is 1. The molecule has 0 atom stereocenters. The van der Waals surface area contributed by atoms with Crippen LogP contribution in [-0.2, 0) is 12.6 Å². The number of carbonyl (C=O) groups is 1. The smallest absolute Gasteiger partial charge is 0.353 e. The number of halogens is 3. The molecule has 0 saturated carbocycles. The maximum absolute atomic E-state index is 13.3. The molecule has 0 unspecified atom stereocenters. The molecule has 0 bridgehead atoms. The summed E-state index contributed by atoms with van der Waals surface area (Å²) in [4.78, 5) is 20.9. The van der Waals surface area contributed by atoms with E-state index in [-0.39, 0.29) is 5.91 Å². The normalized spacial score (nSPS) is 14.6. The second-order valence-electron chi connectivity index (χ2n) is 7.68. The molecule has 1 aliphatic heterocycles. The molecular weight excluding hydrogens is 419 g/mol. The van der Waals surface area contributed by atoms with Gasteiger partial charge in [-0.3, -0.25) is 4.79 Å². The van der Waals surface area contributed by atoms with Gasteiger partial charge in [0.15, 0.2) is 0 Å². The van der Waals surface area contributed by atoms with Crippen molar-refractivity contribution in [2.45, 2.75) is 25.9 Å². The molecule has 0 N–H and O–H groups in total. The molecule has 4 rings (SSSR count). The average molecular weight is 443 g/mol. The zero-order valence-electron chi connectivity index (χ0n) is 17.7. The monoisotopic (exact) mass is 443 g/mol. The van der Waals surface area contributed by atoms with E-state index in [4.69, 9.17) is 0 Å². The van der Waals surface area contributed by atoms with Crippen LogP contribution in [0.5, 0.6) is 0 Å². The first-order valence-corrected chi connectivity index (χ1v) is 10.6. The number of rotatable bonds is 5. The fourth-order valence-corrected chi connectivity index (χ4v) is 3.87. The Labute approximate surface area is 184 Å². The lowest BCUT2D eigenvalue weighted by atomic mass is 10.1. The summed E-state index contributed by atoms with van der Waals surface area (Å²) in [5, 5.41) is 4.47. The van der Waals surface area contributed by atoms with Gasteiger partial charge in [0.25, 0.3) is 5.91 Å². The molecule has 1 aromatic carbocycles. The van der Waals surface area contributed by atoms with Crippen LogP contribution in [-0.4, -0.2) is 51.8 Å². The van der Waals surface area contributed by atoms with Gasteiger partial charge in [0.1, 0.15) is 5.82 Å². The molecule has 0 aliphatic carbocycles. The number of amides is 1. The van der Waals surface area contributed by atoms with Crippen molar-refractivity contribution in [3.8, 4) is 5.69 Å². The number of nitrogens with zero attached hydrogens (tertiary/aromatic N) is 5. The summed E-state index contributed by atoms with van der Waals surface area (Å²) in [5.41, 5.74) is 1.62. The highest BCUT2D eigenvalue weighted by Gasteiger charge is 2.31. The first-order valence-electron chi connectivity index (χ1n) is 10.6. The number of para-hydroxylation sites is 1. The molecule has 32 heavy (non-hydrogen) atoms. The van der Waals surface area contributed by atoms with E-state index in [0.29, 0.717) is 37.6 Å². The van der Waals surface area contributed by atoms with Crippen molar-refractivity contribution in [3.05, 3.63) is 71.7 Å². The van der Waals surface area contributed by atoms with E-state index in [1.54, 1.807) is 11.1 Å². The van der Waals surface area contributed by atoms with E-state index in [0.717, 1.165) is 36.5 Å². The maximum Gasteiger partial charge on any atom is 0.417 e. The van der Waals surface area contributed by atoms with Gasteiger partial charge in [-0.2, -0.15) is 18.3 Å². The molecule has 1 saturated heterocycles. The molecule has 0 spiro atoms.